The topological polar surface area (TPSA) is 91.8 Å². The molecule has 0 spiro atoms. The van der Waals surface area contributed by atoms with Gasteiger partial charge in [0, 0.05) is 19.7 Å². The standard InChI is InChI=1S/C11H12N4O/c1-8(16)14-4-2-3-9-5-10(6-12)11(13)15-7-9/h2-3,5,7H,4H2,1H3,(H2,13,15)(H,14,16). The first-order valence-corrected chi connectivity index (χ1v) is 4.70. The van der Waals surface area contributed by atoms with E-state index in [2.05, 4.69) is 10.3 Å². The lowest BCUT2D eigenvalue weighted by atomic mass is 10.2. The van der Waals surface area contributed by atoms with Gasteiger partial charge in [-0.05, 0) is 11.6 Å². The zero-order valence-corrected chi connectivity index (χ0v) is 8.90. The summed E-state index contributed by atoms with van der Waals surface area (Å²) in [6, 6.07) is 3.60. The van der Waals surface area contributed by atoms with Crippen LogP contribution in [-0.4, -0.2) is 17.4 Å². The lowest BCUT2D eigenvalue weighted by molar-refractivity contribution is -0.118. The van der Waals surface area contributed by atoms with E-state index in [-0.39, 0.29) is 11.7 Å². The van der Waals surface area contributed by atoms with Crippen LogP contribution in [0, 0.1) is 11.3 Å². The summed E-state index contributed by atoms with van der Waals surface area (Å²) in [5.74, 6) is 0.138. The zero-order chi connectivity index (χ0) is 12.0. The fraction of sp³-hybridized carbons (Fsp3) is 0.182. The number of anilines is 1. The number of nitrogen functional groups attached to an aromatic ring is 1. The average Bonchev–Trinajstić information content (AvgIpc) is 2.26. The maximum Gasteiger partial charge on any atom is 0.217 e. The van der Waals surface area contributed by atoms with Crippen LogP contribution >= 0.6 is 0 Å². The Bertz CT molecular complexity index is 460. The van der Waals surface area contributed by atoms with Gasteiger partial charge >= 0.3 is 0 Å². The molecule has 5 heteroatoms. The van der Waals surface area contributed by atoms with E-state index >= 15 is 0 Å². The second-order valence-electron chi connectivity index (χ2n) is 3.15. The number of hydrogen-bond acceptors (Lipinski definition) is 4. The van der Waals surface area contributed by atoms with Crippen LogP contribution in [-0.2, 0) is 4.79 Å². The van der Waals surface area contributed by atoms with Crippen LogP contribution < -0.4 is 11.1 Å². The molecule has 0 aliphatic rings. The fourth-order valence-corrected chi connectivity index (χ4v) is 1.07. The van der Waals surface area contributed by atoms with Crippen molar-refractivity contribution in [3.05, 3.63) is 29.5 Å². The van der Waals surface area contributed by atoms with E-state index in [1.807, 2.05) is 6.07 Å². The van der Waals surface area contributed by atoms with Crippen molar-refractivity contribution in [1.29, 1.82) is 5.26 Å². The zero-order valence-electron chi connectivity index (χ0n) is 8.90. The van der Waals surface area contributed by atoms with Gasteiger partial charge in [0.1, 0.15) is 11.9 Å². The highest BCUT2D eigenvalue weighted by molar-refractivity contribution is 5.73. The van der Waals surface area contributed by atoms with Crippen LogP contribution in [0.1, 0.15) is 18.1 Å². The second kappa shape index (κ2) is 5.51. The highest BCUT2D eigenvalue weighted by Gasteiger charge is 1.98. The Balaban J connectivity index is 2.68. The van der Waals surface area contributed by atoms with Crippen LogP contribution in [0.15, 0.2) is 18.3 Å². The maximum atomic E-state index is 10.6. The first-order chi connectivity index (χ1) is 7.63. The molecule has 0 saturated heterocycles. The SMILES string of the molecule is CC(=O)NCC=Cc1cnc(N)c(C#N)c1. The molecule has 1 amide bonds. The number of carbonyl (C=O) groups is 1. The van der Waals surface area contributed by atoms with Crippen molar-refractivity contribution < 1.29 is 4.79 Å². The van der Waals surface area contributed by atoms with Gasteiger partial charge in [-0.2, -0.15) is 5.26 Å². The Morgan fingerprint density at radius 2 is 2.50 bits per heavy atom. The lowest BCUT2D eigenvalue weighted by Crippen LogP contribution is -2.19. The molecular weight excluding hydrogens is 204 g/mol. The molecule has 1 aromatic rings. The van der Waals surface area contributed by atoms with E-state index in [0.29, 0.717) is 12.1 Å². The Hall–Kier alpha value is -2.35. The van der Waals surface area contributed by atoms with Crippen molar-refractivity contribution in [1.82, 2.24) is 10.3 Å². The van der Waals surface area contributed by atoms with E-state index in [1.165, 1.54) is 6.92 Å². The third kappa shape index (κ3) is 3.42. The highest BCUT2D eigenvalue weighted by atomic mass is 16.1. The monoisotopic (exact) mass is 216 g/mol. The minimum atomic E-state index is -0.0854. The van der Waals surface area contributed by atoms with Crippen LogP contribution in [0.2, 0.25) is 0 Å². The van der Waals surface area contributed by atoms with Gasteiger partial charge in [-0.25, -0.2) is 4.98 Å². The van der Waals surface area contributed by atoms with E-state index in [9.17, 15) is 4.79 Å². The van der Waals surface area contributed by atoms with Crippen LogP contribution in [0.4, 0.5) is 5.82 Å². The molecule has 0 bridgehead atoms. The molecule has 1 rings (SSSR count). The van der Waals surface area contributed by atoms with E-state index in [1.54, 1.807) is 24.4 Å². The van der Waals surface area contributed by atoms with Crippen molar-refractivity contribution in [2.24, 2.45) is 0 Å². The molecule has 3 N–H and O–H groups in total. The molecule has 0 aliphatic carbocycles. The molecule has 0 saturated carbocycles. The molecule has 82 valence electrons. The minimum absolute atomic E-state index is 0.0854. The predicted molar refractivity (Wildman–Crippen MR) is 61.1 cm³/mol. The fourth-order valence-electron chi connectivity index (χ4n) is 1.07. The number of nitriles is 1. The van der Waals surface area contributed by atoms with Crippen molar-refractivity contribution >= 4 is 17.8 Å². The summed E-state index contributed by atoms with van der Waals surface area (Å²) in [6.07, 6.45) is 5.11. The number of aromatic nitrogens is 1. The number of hydrogen-bond donors (Lipinski definition) is 2. The summed E-state index contributed by atoms with van der Waals surface area (Å²) < 4.78 is 0. The molecule has 1 aromatic heterocycles. The molecule has 0 atom stereocenters. The number of nitrogens with two attached hydrogens (primary N) is 1. The molecule has 1 heterocycles. The first kappa shape index (κ1) is 11.7. The minimum Gasteiger partial charge on any atom is -0.383 e. The normalized spacial score (nSPS) is 10.0. The third-order valence-electron chi connectivity index (χ3n) is 1.84. The smallest absolute Gasteiger partial charge is 0.217 e. The number of rotatable bonds is 3. The Morgan fingerprint density at radius 1 is 1.75 bits per heavy atom. The summed E-state index contributed by atoms with van der Waals surface area (Å²) >= 11 is 0. The largest absolute Gasteiger partial charge is 0.383 e. The Morgan fingerprint density at radius 3 is 3.12 bits per heavy atom. The van der Waals surface area contributed by atoms with Crippen LogP contribution in [0.5, 0.6) is 0 Å². The van der Waals surface area contributed by atoms with E-state index in [0.717, 1.165) is 5.56 Å². The summed E-state index contributed by atoms with van der Waals surface area (Å²) in [5, 5.41) is 11.4. The quantitative estimate of drug-likeness (QED) is 0.777. The van der Waals surface area contributed by atoms with Crippen molar-refractivity contribution in [3.8, 4) is 6.07 Å². The first-order valence-electron chi connectivity index (χ1n) is 4.70. The number of nitrogens with zero attached hydrogens (tertiary/aromatic N) is 2. The van der Waals surface area contributed by atoms with Gasteiger partial charge in [0.15, 0.2) is 0 Å². The number of amides is 1. The Labute approximate surface area is 93.6 Å². The molecular formula is C11H12N4O. The third-order valence-corrected chi connectivity index (χ3v) is 1.84. The van der Waals surface area contributed by atoms with Gasteiger partial charge in [0.2, 0.25) is 5.91 Å². The van der Waals surface area contributed by atoms with Crippen molar-refractivity contribution in [3.63, 3.8) is 0 Å². The summed E-state index contributed by atoms with van der Waals surface area (Å²) in [4.78, 5) is 14.5. The predicted octanol–water partition coefficient (Wildman–Crippen LogP) is 0.685. The average molecular weight is 216 g/mol. The Kier molecular flexibility index (Phi) is 4.04. The molecule has 0 aromatic carbocycles. The molecule has 16 heavy (non-hydrogen) atoms. The molecule has 0 radical (unpaired) electrons. The molecule has 0 fully saturated rings. The summed E-state index contributed by atoms with van der Waals surface area (Å²) in [5.41, 5.74) is 6.60. The molecule has 0 unspecified atom stereocenters. The number of pyridine rings is 1. The highest BCUT2D eigenvalue weighted by Crippen LogP contribution is 2.10. The van der Waals surface area contributed by atoms with E-state index in [4.69, 9.17) is 11.0 Å². The maximum absolute atomic E-state index is 10.6. The summed E-state index contributed by atoms with van der Waals surface area (Å²) in [6.45, 7) is 1.90. The second-order valence-corrected chi connectivity index (χ2v) is 3.15. The van der Waals surface area contributed by atoms with E-state index < -0.39 is 0 Å². The number of nitrogens with one attached hydrogen (secondary N) is 1. The van der Waals surface area contributed by atoms with Gasteiger partial charge in [-0.1, -0.05) is 12.2 Å². The lowest BCUT2D eigenvalue weighted by Gasteiger charge is -1.98. The van der Waals surface area contributed by atoms with Crippen LogP contribution in [0.3, 0.4) is 0 Å². The number of carbonyl (C=O) groups excluding carboxylic acids is 1. The van der Waals surface area contributed by atoms with Gasteiger partial charge in [0.25, 0.3) is 0 Å². The van der Waals surface area contributed by atoms with Crippen molar-refractivity contribution in [2.45, 2.75) is 6.92 Å². The van der Waals surface area contributed by atoms with Gasteiger partial charge in [-0.3, -0.25) is 4.79 Å². The van der Waals surface area contributed by atoms with Gasteiger partial charge < -0.3 is 11.1 Å². The summed E-state index contributed by atoms with van der Waals surface area (Å²) in [7, 11) is 0. The molecule has 0 aliphatic heterocycles. The molecule has 5 nitrogen and oxygen atoms in total. The van der Waals surface area contributed by atoms with Crippen LogP contribution in [0.25, 0.3) is 6.08 Å². The van der Waals surface area contributed by atoms with Crippen molar-refractivity contribution in [2.75, 3.05) is 12.3 Å². The van der Waals surface area contributed by atoms with Gasteiger partial charge in [0.05, 0.1) is 5.56 Å². The van der Waals surface area contributed by atoms with Gasteiger partial charge in [-0.15, -0.1) is 0 Å².